The summed E-state index contributed by atoms with van der Waals surface area (Å²) in [5.41, 5.74) is 4.07. The second-order valence-corrected chi connectivity index (χ2v) is 6.32. The Morgan fingerprint density at radius 1 is 0.652 bits per heavy atom. The molecule has 0 aliphatic carbocycles. The van der Waals surface area contributed by atoms with Gasteiger partial charge in [-0.15, -0.1) is 0 Å². The smallest absolute Gasteiger partial charge is 0.0410 e. The molecule has 0 atom stereocenters. The van der Waals surface area contributed by atoms with Gasteiger partial charge in [0.15, 0.2) is 0 Å². The number of rotatable bonds is 10. The van der Waals surface area contributed by atoms with E-state index in [9.17, 15) is 0 Å². The lowest BCUT2D eigenvalue weighted by Gasteiger charge is -2.25. The molecule has 2 rings (SSSR count). The first-order valence-electron chi connectivity index (χ1n) is 9.26. The van der Waals surface area contributed by atoms with Crippen LogP contribution in [0.5, 0.6) is 0 Å². The van der Waals surface area contributed by atoms with E-state index in [4.69, 9.17) is 0 Å². The van der Waals surface area contributed by atoms with Crippen LogP contribution in [-0.4, -0.2) is 6.54 Å². The molecule has 124 valence electrons. The number of benzene rings is 2. The van der Waals surface area contributed by atoms with Gasteiger partial charge in [0.25, 0.3) is 0 Å². The first-order chi connectivity index (χ1) is 11.3. The third kappa shape index (κ3) is 5.74. The van der Waals surface area contributed by atoms with Gasteiger partial charge >= 0.3 is 0 Å². The van der Waals surface area contributed by atoms with Crippen LogP contribution in [0.25, 0.3) is 0 Å². The van der Waals surface area contributed by atoms with Crippen molar-refractivity contribution in [2.45, 2.75) is 58.8 Å². The Hall–Kier alpha value is -1.76. The van der Waals surface area contributed by atoms with Gasteiger partial charge in [-0.3, -0.25) is 0 Å². The standard InChI is InChI=1S/C22H31N/c1-3-5-8-12-20-15-17-22(18-16-20)23(19-11-6-4-2)21-13-9-7-10-14-21/h7,9-10,13-18H,3-6,8,11-12,19H2,1-2H3. The number of aryl methyl sites for hydroxylation is 1. The van der Waals surface area contributed by atoms with Gasteiger partial charge in [0.1, 0.15) is 0 Å². The summed E-state index contributed by atoms with van der Waals surface area (Å²) in [5.74, 6) is 0. The highest BCUT2D eigenvalue weighted by molar-refractivity contribution is 5.63. The van der Waals surface area contributed by atoms with Gasteiger partial charge in [0.2, 0.25) is 0 Å². The summed E-state index contributed by atoms with van der Waals surface area (Å²) in [6.07, 6.45) is 8.91. The third-order valence-electron chi connectivity index (χ3n) is 4.37. The summed E-state index contributed by atoms with van der Waals surface area (Å²) in [7, 11) is 0. The maximum atomic E-state index is 2.45. The molecule has 0 heterocycles. The normalized spacial score (nSPS) is 10.7. The molecule has 2 aromatic carbocycles. The lowest BCUT2D eigenvalue weighted by molar-refractivity contribution is 0.714. The minimum absolute atomic E-state index is 1.09. The van der Waals surface area contributed by atoms with Crippen LogP contribution in [0.4, 0.5) is 11.4 Å². The molecule has 0 saturated heterocycles. The summed E-state index contributed by atoms with van der Waals surface area (Å²) in [6, 6.07) is 20.0. The highest BCUT2D eigenvalue weighted by Gasteiger charge is 2.08. The minimum Gasteiger partial charge on any atom is -0.341 e. The van der Waals surface area contributed by atoms with Gasteiger partial charge < -0.3 is 4.90 Å². The highest BCUT2D eigenvalue weighted by Crippen LogP contribution is 2.26. The Labute approximate surface area is 142 Å². The number of para-hydroxylation sites is 1. The SMILES string of the molecule is CCCCCc1ccc(N(CCCCC)c2ccccc2)cc1. The van der Waals surface area contributed by atoms with E-state index >= 15 is 0 Å². The van der Waals surface area contributed by atoms with E-state index in [0.717, 1.165) is 6.54 Å². The van der Waals surface area contributed by atoms with Crippen molar-refractivity contribution in [1.82, 2.24) is 0 Å². The van der Waals surface area contributed by atoms with E-state index in [1.165, 1.54) is 61.9 Å². The number of nitrogens with zero attached hydrogens (tertiary/aromatic N) is 1. The van der Waals surface area contributed by atoms with Crippen molar-refractivity contribution in [2.75, 3.05) is 11.4 Å². The largest absolute Gasteiger partial charge is 0.341 e. The molecule has 0 N–H and O–H groups in total. The van der Waals surface area contributed by atoms with E-state index in [0.29, 0.717) is 0 Å². The Balaban J connectivity index is 2.08. The third-order valence-corrected chi connectivity index (χ3v) is 4.37. The fourth-order valence-corrected chi connectivity index (χ4v) is 2.96. The highest BCUT2D eigenvalue weighted by atomic mass is 15.1. The summed E-state index contributed by atoms with van der Waals surface area (Å²) in [5, 5.41) is 0. The molecule has 0 radical (unpaired) electrons. The van der Waals surface area contributed by atoms with Crippen molar-refractivity contribution in [3.63, 3.8) is 0 Å². The van der Waals surface area contributed by atoms with Gasteiger partial charge in [-0.05, 0) is 49.1 Å². The van der Waals surface area contributed by atoms with Crippen LogP contribution >= 0.6 is 0 Å². The predicted molar refractivity (Wildman–Crippen MR) is 103 cm³/mol. The Morgan fingerprint density at radius 3 is 1.91 bits per heavy atom. The molecule has 0 aromatic heterocycles. The van der Waals surface area contributed by atoms with Crippen molar-refractivity contribution in [3.8, 4) is 0 Å². The number of unbranched alkanes of at least 4 members (excludes halogenated alkanes) is 4. The molecule has 1 nitrogen and oxygen atoms in total. The van der Waals surface area contributed by atoms with Crippen LogP contribution < -0.4 is 4.90 Å². The zero-order valence-corrected chi connectivity index (χ0v) is 14.8. The fourth-order valence-electron chi connectivity index (χ4n) is 2.96. The van der Waals surface area contributed by atoms with Gasteiger partial charge in [0.05, 0.1) is 0 Å². The lowest BCUT2D eigenvalue weighted by Crippen LogP contribution is -2.18. The quantitative estimate of drug-likeness (QED) is 0.439. The Kier molecular flexibility index (Phi) is 7.72. The van der Waals surface area contributed by atoms with E-state index in [1.807, 2.05) is 0 Å². The van der Waals surface area contributed by atoms with Gasteiger partial charge in [-0.2, -0.15) is 0 Å². The first kappa shape index (κ1) is 17.6. The van der Waals surface area contributed by atoms with Gasteiger partial charge in [0, 0.05) is 17.9 Å². The average molecular weight is 309 g/mol. The summed E-state index contributed by atoms with van der Waals surface area (Å²) < 4.78 is 0. The van der Waals surface area contributed by atoms with E-state index in [-0.39, 0.29) is 0 Å². The molecule has 23 heavy (non-hydrogen) atoms. The second kappa shape index (κ2) is 10.1. The molecule has 0 bridgehead atoms. The van der Waals surface area contributed by atoms with Crippen LogP contribution in [0.3, 0.4) is 0 Å². The van der Waals surface area contributed by atoms with Crippen molar-refractivity contribution < 1.29 is 0 Å². The van der Waals surface area contributed by atoms with Gasteiger partial charge in [-0.1, -0.05) is 69.9 Å². The minimum atomic E-state index is 1.09. The van der Waals surface area contributed by atoms with Crippen LogP contribution in [0.1, 0.15) is 57.9 Å². The Morgan fingerprint density at radius 2 is 1.26 bits per heavy atom. The molecular weight excluding hydrogens is 278 g/mol. The molecule has 0 saturated carbocycles. The molecule has 0 amide bonds. The molecule has 1 heteroatoms. The molecule has 0 aliphatic heterocycles. The van der Waals surface area contributed by atoms with Crippen LogP contribution in [0.15, 0.2) is 54.6 Å². The number of hydrogen-bond donors (Lipinski definition) is 0. The summed E-state index contributed by atoms with van der Waals surface area (Å²) in [4.78, 5) is 2.45. The van der Waals surface area contributed by atoms with Crippen LogP contribution in [-0.2, 0) is 6.42 Å². The molecule has 0 spiro atoms. The zero-order valence-electron chi connectivity index (χ0n) is 14.8. The maximum Gasteiger partial charge on any atom is 0.0410 e. The van der Waals surface area contributed by atoms with Crippen LogP contribution in [0, 0.1) is 0 Å². The van der Waals surface area contributed by atoms with E-state index < -0.39 is 0 Å². The maximum absolute atomic E-state index is 2.45. The van der Waals surface area contributed by atoms with Crippen LogP contribution in [0.2, 0.25) is 0 Å². The monoisotopic (exact) mass is 309 g/mol. The van der Waals surface area contributed by atoms with E-state index in [1.54, 1.807) is 0 Å². The number of hydrogen-bond acceptors (Lipinski definition) is 1. The van der Waals surface area contributed by atoms with Gasteiger partial charge in [-0.25, -0.2) is 0 Å². The second-order valence-electron chi connectivity index (χ2n) is 6.32. The molecule has 0 aliphatic rings. The van der Waals surface area contributed by atoms with Crippen molar-refractivity contribution in [2.24, 2.45) is 0 Å². The Bertz CT molecular complexity index is 530. The van der Waals surface area contributed by atoms with Crippen molar-refractivity contribution in [3.05, 3.63) is 60.2 Å². The molecule has 2 aromatic rings. The molecular formula is C22H31N. The van der Waals surface area contributed by atoms with Crippen molar-refractivity contribution >= 4 is 11.4 Å². The van der Waals surface area contributed by atoms with E-state index in [2.05, 4.69) is 73.3 Å². The van der Waals surface area contributed by atoms with Crippen molar-refractivity contribution in [1.29, 1.82) is 0 Å². The predicted octanol–water partition coefficient (Wildman–Crippen LogP) is 6.75. The summed E-state index contributed by atoms with van der Waals surface area (Å²) >= 11 is 0. The summed E-state index contributed by atoms with van der Waals surface area (Å²) in [6.45, 7) is 5.61. The lowest BCUT2D eigenvalue weighted by atomic mass is 10.1. The molecule has 0 unspecified atom stereocenters. The fraction of sp³-hybridized carbons (Fsp3) is 0.455. The molecule has 0 fully saturated rings. The average Bonchev–Trinajstić information content (AvgIpc) is 2.61. The topological polar surface area (TPSA) is 3.24 Å². The zero-order chi connectivity index (χ0) is 16.3. The first-order valence-corrected chi connectivity index (χ1v) is 9.26. The number of anilines is 2.